The van der Waals surface area contributed by atoms with Crippen LogP contribution in [0, 0.1) is 6.92 Å². The number of unbranched alkanes of at least 4 members (excludes halogenated alkanes) is 1. The van der Waals surface area contributed by atoms with E-state index in [2.05, 4.69) is 33.2 Å². The minimum absolute atomic E-state index is 0.327. The van der Waals surface area contributed by atoms with Crippen LogP contribution < -0.4 is 10.9 Å². The van der Waals surface area contributed by atoms with Crippen molar-refractivity contribution in [2.24, 2.45) is 4.99 Å². The molecule has 0 saturated carbocycles. The van der Waals surface area contributed by atoms with E-state index in [1.165, 1.54) is 6.07 Å². The van der Waals surface area contributed by atoms with E-state index in [-0.39, 0.29) is 5.63 Å². The van der Waals surface area contributed by atoms with Crippen LogP contribution >= 0.6 is 0 Å². The standard InChI is InChI=1S/C15H17N2O2Se/c1-3-4-7-16-15(20)17-11-5-6-12-10(2)8-14(18)19-13(12)9-11/h5-6,8-9H,3-4,7H2,1-2H3,(H,16,17). The van der Waals surface area contributed by atoms with Crippen LogP contribution in [0.25, 0.3) is 11.0 Å². The number of hydrogen-bond donors (Lipinski definition) is 1. The summed E-state index contributed by atoms with van der Waals surface area (Å²) in [4.78, 5) is 15.8. The third kappa shape index (κ3) is 3.71. The van der Waals surface area contributed by atoms with Crippen molar-refractivity contribution in [3.63, 3.8) is 0 Å². The number of aryl methyl sites for hydroxylation is 1. The van der Waals surface area contributed by atoms with E-state index in [1.54, 1.807) is 0 Å². The first-order valence-electron chi connectivity index (χ1n) is 6.63. The van der Waals surface area contributed by atoms with Crippen LogP contribution in [0.2, 0.25) is 0 Å². The summed E-state index contributed by atoms with van der Waals surface area (Å²) in [6, 6.07) is 7.20. The van der Waals surface area contributed by atoms with Gasteiger partial charge in [-0.1, -0.05) is 0 Å². The second-order valence-corrected chi connectivity index (χ2v) is 5.44. The molecular formula is C15H17N2O2Se. The average molecular weight is 336 g/mol. The third-order valence-corrected chi connectivity index (χ3v) is 3.45. The molecule has 0 unspecified atom stereocenters. The number of fused-ring (bicyclic) bond motifs is 1. The van der Waals surface area contributed by atoms with Crippen LogP contribution in [0.15, 0.2) is 38.5 Å². The SMILES string of the molecule is CCCCN=C([Se])Nc1ccc2c(C)cc(=O)oc2c1. The second kappa shape index (κ2) is 6.73. The van der Waals surface area contributed by atoms with Crippen molar-refractivity contribution < 1.29 is 4.42 Å². The van der Waals surface area contributed by atoms with Crippen LogP contribution in [-0.4, -0.2) is 27.3 Å². The van der Waals surface area contributed by atoms with Crippen molar-refractivity contribution >= 4 is 37.4 Å². The van der Waals surface area contributed by atoms with Gasteiger partial charge in [0.15, 0.2) is 0 Å². The molecule has 5 heteroatoms. The molecule has 20 heavy (non-hydrogen) atoms. The monoisotopic (exact) mass is 337 g/mol. The molecule has 1 heterocycles. The Balaban J connectivity index is 2.24. The molecular weight excluding hydrogens is 319 g/mol. The van der Waals surface area contributed by atoms with Crippen LogP contribution in [0.4, 0.5) is 5.69 Å². The normalized spacial score (nSPS) is 11.8. The number of amidine groups is 1. The van der Waals surface area contributed by atoms with E-state index in [4.69, 9.17) is 4.42 Å². The summed E-state index contributed by atoms with van der Waals surface area (Å²) >= 11 is 2.90. The molecule has 0 bridgehead atoms. The predicted octanol–water partition coefficient (Wildman–Crippen LogP) is 2.84. The molecule has 0 aliphatic carbocycles. The Hall–Kier alpha value is -1.58. The minimum atomic E-state index is -0.327. The Morgan fingerprint density at radius 3 is 2.95 bits per heavy atom. The predicted molar refractivity (Wildman–Crippen MR) is 83.8 cm³/mol. The fourth-order valence-electron chi connectivity index (χ4n) is 1.90. The summed E-state index contributed by atoms with van der Waals surface area (Å²) in [5.41, 5.74) is 2.02. The fourth-order valence-corrected chi connectivity index (χ4v) is 2.34. The van der Waals surface area contributed by atoms with Crippen molar-refractivity contribution in [2.45, 2.75) is 26.7 Å². The molecule has 1 N–H and O–H groups in total. The van der Waals surface area contributed by atoms with Gasteiger partial charge in [0.25, 0.3) is 0 Å². The van der Waals surface area contributed by atoms with E-state index in [9.17, 15) is 4.79 Å². The van der Waals surface area contributed by atoms with E-state index in [0.29, 0.717) is 5.58 Å². The molecule has 0 aliphatic heterocycles. The van der Waals surface area contributed by atoms with E-state index < -0.39 is 0 Å². The third-order valence-electron chi connectivity index (χ3n) is 2.97. The van der Waals surface area contributed by atoms with Gasteiger partial charge in [-0.2, -0.15) is 0 Å². The van der Waals surface area contributed by atoms with Gasteiger partial charge in [0.05, 0.1) is 0 Å². The molecule has 0 saturated heterocycles. The Bertz CT molecular complexity index is 692. The molecule has 4 nitrogen and oxygen atoms in total. The summed E-state index contributed by atoms with van der Waals surface area (Å²) < 4.78 is 5.96. The Morgan fingerprint density at radius 2 is 2.20 bits per heavy atom. The number of anilines is 1. The fraction of sp³-hybridized carbons (Fsp3) is 0.333. The number of aliphatic imine (C=N–C) groups is 1. The first kappa shape index (κ1) is 14.8. The van der Waals surface area contributed by atoms with Gasteiger partial charge in [-0.15, -0.1) is 0 Å². The maximum absolute atomic E-state index is 11.4. The number of nitrogens with one attached hydrogen (secondary N) is 1. The van der Waals surface area contributed by atoms with Gasteiger partial charge >= 0.3 is 126 Å². The number of hydrogen-bond acceptors (Lipinski definition) is 3. The second-order valence-electron chi connectivity index (χ2n) is 4.62. The van der Waals surface area contributed by atoms with Gasteiger partial charge in [-0.25, -0.2) is 0 Å². The van der Waals surface area contributed by atoms with Crippen LogP contribution in [0.1, 0.15) is 25.3 Å². The first-order chi connectivity index (χ1) is 9.60. The molecule has 0 amide bonds. The molecule has 0 aliphatic rings. The Morgan fingerprint density at radius 1 is 1.40 bits per heavy atom. The molecule has 2 rings (SSSR count). The number of nitrogens with zero attached hydrogens (tertiary/aromatic N) is 1. The summed E-state index contributed by atoms with van der Waals surface area (Å²) in [7, 11) is 0. The summed E-state index contributed by atoms with van der Waals surface area (Å²) in [6.45, 7) is 4.83. The Kier molecular flexibility index (Phi) is 4.99. The van der Waals surface area contributed by atoms with Crippen molar-refractivity contribution in [3.05, 3.63) is 40.2 Å². The van der Waals surface area contributed by atoms with Crippen molar-refractivity contribution in [1.29, 1.82) is 0 Å². The van der Waals surface area contributed by atoms with Gasteiger partial charge in [0.1, 0.15) is 0 Å². The number of rotatable bonds is 4. The zero-order chi connectivity index (χ0) is 14.5. The van der Waals surface area contributed by atoms with E-state index in [0.717, 1.165) is 40.8 Å². The van der Waals surface area contributed by atoms with Gasteiger partial charge in [0.2, 0.25) is 0 Å². The topological polar surface area (TPSA) is 54.6 Å². The number of benzene rings is 1. The zero-order valence-electron chi connectivity index (χ0n) is 11.6. The van der Waals surface area contributed by atoms with Crippen LogP contribution in [-0.2, 0) is 0 Å². The molecule has 2 aromatic rings. The van der Waals surface area contributed by atoms with Gasteiger partial charge in [-0.05, 0) is 0 Å². The van der Waals surface area contributed by atoms with Gasteiger partial charge < -0.3 is 0 Å². The molecule has 1 aromatic carbocycles. The quantitative estimate of drug-likeness (QED) is 0.307. The van der Waals surface area contributed by atoms with Crippen molar-refractivity contribution in [1.82, 2.24) is 0 Å². The van der Waals surface area contributed by atoms with E-state index in [1.807, 2.05) is 25.1 Å². The van der Waals surface area contributed by atoms with Crippen LogP contribution in [0.5, 0.6) is 0 Å². The van der Waals surface area contributed by atoms with Crippen LogP contribution in [0.3, 0.4) is 0 Å². The first-order valence-corrected chi connectivity index (χ1v) is 7.49. The molecule has 0 fully saturated rings. The molecule has 1 aromatic heterocycles. The maximum atomic E-state index is 11.4. The summed E-state index contributed by atoms with van der Waals surface area (Å²) in [5, 5.41) is 4.11. The van der Waals surface area contributed by atoms with Gasteiger partial charge in [-0.3, -0.25) is 0 Å². The van der Waals surface area contributed by atoms with Crippen molar-refractivity contribution in [2.75, 3.05) is 11.9 Å². The Labute approximate surface area is 126 Å². The summed E-state index contributed by atoms with van der Waals surface area (Å²) in [6.07, 6.45) is 2.19. The van der Waals surface area contributed by atoms with Crippen molar-refractivity contribution in [3.8, 4) is 0 Å². The zero-order valence-corrected chi connectivity index (χ0v) is 13.3. The van der Waals surface area contributed by atoms with Gasteiger partial charge in [0, 0.05) is 0 Å². The average Bonchev–Trinajstić information content (AvgIpc) is 2.38. The van der Waals surface area contributed by atoms with E-state index >= 15 is 0 Å². The molecule has 1 radical (unpaired) electrons. The molecule has 105 valence electrons. The summed E-state index contributed by atoms with van der Waals surface area (Å²) in [5.74, 6) is 0. The molecule has 0 spiro atoms. The molecule has 0 atom stereocenters.